The fraction of sp³-hybridized carbons (Fsp3) is 0.444. The number of hydrogen-bond donors (Lipinski definition) is 1. The summed E-state index contributed by atoms with van der Waals surface area (Å²) in [5.41, 5.74) is 1.10. The van der Waals surface area contributed by atoms with Crippen LogP contribution in [0.15, 0.2) is 18.2 Å². The highest BCUT2D eigenvalue weighted by Crippen LogP contribution is 2.33. The van der Waals surface area contributed by atoms with Crippen LogP contribution < -0.4 is 5.32 Å². The minimum Gasteiger partial charge on any atom is -0.383 e. The van der Waals surface area contributed by atoms with Crippen LogP contribution in [0.1, 0.15) is 46.9 Å². The Morgan fingerprint density at radius 3 is 2.68 bits per heavy atom. The average Bonchev–Trinajstić information content (AvgIpc) is 2.81. The number of anilines is 1. The van der Waals surface area contributed by atoms with Gasteiger partial charge in [-0.15, -0.1) is 0 Å². The molecule has 0 radical (unpaired) electrons. The number of imide groups is 1. The van der Waals surface area contributed by atoms with Gasteiger partial charge in [-0.2, -0.15) is 0 Å². The van der Waals surface area contributed by atoms with Gasteiger partial charge in [-0.25, -0.2) is 0 Å². The molecule has 1 aromatic carbocycles. The maximum Gasteiger partial charge on any atom is 0.264 e. The van der Waals surface area contributed by atoms with Crippen molar-refractivity contribution in [3.05, 3.63) is 29.3 Å². The van der Waals surface area contributed by atoms with Crippen LogP contribution in [0.5, 0.6) is 0 Å². The van der Waals surface area contributed by atoms with Crippen molar-refractivity contribution in [1.29, 1.82) is 0 Å². The summed E-state index contributed by atoms with van der Waals surface area (Å²) in [7, 11) is 1.58. The van der Waals surface area contributed by atoms with Gasteiger partial charge in [0.05, 0.1) is 30.2 Å². The van der Waals surface area contributed by atoms with Crippen LogP contribution in [0.2, 0.25) is 0 Å². The molecule has 25 heavy (non-hydrogen) atoms. The third kappa shape index (κ3) is 3.07. The molecule has 1 aromatic rings. The molecule has 0 bridgehead atoms. The second-order valence-electron chi connectivity index (χ2n) is 6.45. The number of ether oxygens (including phenoxy) is 1. The van der Waals surface area contributed by atoms with Crippen molar-refractivity contribution in [2.75, 3.05) is 19.0 Å². The van der Waals surface area contributed by atoms with Crippen molar-refractivity contribution < 1.29 is 23.9 Å². The van der Waals surface area contributed by atoms with Crippen LogP contribution in [0.3, 0.4) is 0 Å². The Bertz CT molecular complexity index is 758. The van der Waals surface area contributed by atoms with Gasteiger partial charge in [0.1, 0.15) is 5.78 Å². The van der Waals surface area contributed by atoms with Gasteiger partial charge in [0, 0.05) is 25.3 Å². The predicted molar refractivity (Wildman–Crippen MR) is 89.6 cm³/mol. The van der Waals surface area contributed by atoms with Gasteiger partial charge in [0.2, 0.25) is 0 Å². The van der Waals surface area contributed by atoms with E-state index < -0.39 is 17.9 Å². The van der Waals surface area contributed by atoms with Gasteiger partial charge in [-0.1, -0.05) is 6.07 Å². The fourth-order valence-corrected chi connectivity index (χ4v) is 3.40. The first-order valence-electron chi connectivity index (χ1n) is 8.24. The highest BCUT2D eigenvalue weighted by molar-refractivity contribution is 6.25. The van der Waals surface area contributed by atoms with E-state index in [1.165, 1.54) is 0 Å². The minimum atomic E-state index is -0.852. The summed E-state index contributed by atoms with van der Waals surface area (Å²) in [5.74, 6) is -1.47. The van der Waals surface area contributed by atoms with Crippen molar-refractivity contribution in [3.63, 3.8) is 0 Å². The van der Waals surface area contributed by atoms with Gasteiger partial charge in [-0.3, -0.25) is 24.1 Å². The van der Waals surface area contributed by atoms with E-state index in [2.05, 4.69) is 5.32 Å². The third-order valence-corrected chi connectivity index (χ3v) is 4.52. The largest absolute Gasteiger partial charge is 0.383 e. The first-order chi connectivity index (χ1) is 11.9. The van der Waals surface area contributed by atoms with Crippen LogP contribution in [0.4, 0.5) is 5.69 Å². The van der Waals surface area contributed by atoms with E-state index in [-0.39, 0.29) is 48.0 Å². The number of nitrogens with one attached hydrogen (secondary N) is 1. The van der Waals surface area contributed by atoms with Gasteiger partial charge in [0.15, 0.2) is 5.78 Å². The summed E-state index contributed by atoms with van der Waals surface area (Å²) in [4.78, 5) is 50.2. The summed E-state index contributed by atoms with van der Waals surface area (Å²) in [6.07, 6.45) is 0.194. The number of amides is 2. The van der Waals surface area contributed by atoms with Gasteiger partial charge >= 0.3 is 0 Å². The Morgan fingerprint density at radius 1 is 1.24 bits per heavy atom. The standard InChI is InChI=1S/C18H20N2O5/c1-10(9-25-2)19-13-5-3-4-12-16(13)18(24)20(17(12)23)14-7-6-11(21)8-15(14)22/h3-5,10,14,19H,6-9H2,1-2H3. The summed E-state index contributed by atoms with van der Waals surface area (Å²) in [5, 5.41) is 3.17. The molecular weight excluding hydrogens is 324 g/mol. The molecule has 7 heteroatoms. The first kappa shape index (κ1) is 17.3. The summed E-state index contributed by atoms with van der Waals surface area (Å²) < 4.78 is 5.08. The number of fused-ring (bicyclic) bond motifs is 1. The van der Waals surface area contributed by atoms with Crippen molar-refractivity contribution in [1.82, 2.24) is 4.90 Å². The van der Waals surface area contributed by atoms with E-state index in [0.29, 0.717) is 12.3 Å². The highest BCUT2D eigenvalue weighted by atomic mass is 16.5. The zero-order valence-corrected chi connectivity index (χ0v) is 14.2. The number of Topliss-reactive ketones (excluding diaryl/α,β-unsaturated/α-hetero) is 2. The second kappa shape index (κ2) is 6.76. The molecule has 1 fully saturated rings. The number of ketones is 2. The topological polar surface area (TPSA) is 92.8 Å². The zero-order valence-electron chi connectivity index (χ0n) is 14.2. The van der Waals surface area contributed by atoms with E-state index >= 15 is 0 Å². The molecular formula is C18H20N2O5. The van der Waals surface area contributed by atoms with E-state index in [1.54, 1.807) is 25.3 Å². The van der Waals surface area contributed by atoms with Crippen LogP contribution in [-0.2, 0) is 14.3 Å². The Labute approximate surface area is 145 Å². The van der Waals surface area contributed by atoms with Crippen molar-refractivity contribution in [3.8, 4) is 0 Å². The Morgan fingerprint density at radius 2 is 2.00 bits per heavy atom. The average molecular weight is 344 g/mol. The molecule has 1 aliphatic carbocycles. The molecule has 0 spiro atoms. The van der Waals surface area contributed by atoms with E-state index in [4.69, 9.17) is 4.74 Å². The molecule has 0 saturated heterocycles. The SMILES string of the molecule is COCC(C)Nc1cccc2c1C(=O)N(C1CCC(=O)CC1=O)C2=O. The van der Waals surface area contributed by atoms with Crippen LogP contribution in [0, 0.1) is 0 Å². The number of benzene rings is 1. The monoisotopic (exact) mass is 344 g/mol. The molecule has 0 aromatic heterocycles. The maximum absolute atomic E-state index is 12.9. The molecule has 132 valence electrons. The quantitative estimate of drug-likeness (QED) is 0.641. The Balaban J connectivity index is 1.91. The molecule has 7 nitrogen and oxygen atoms in total. The highest BCUT2D eigenvalue weighted by Gasteiger charge is 2.45. The molecule has 1 N–H and O–H groups in total. The van der Waals surface area contributed by atoms with Crippen LogP contribution >= 0.6 is 0 Å². The molecule has 1 saturated carbocycles. The maximum atomic E-state index is 12.9. The number of rotatable bonds is 5. The predicted octanol–water partition coefficient (Wildman–Crippen LogP) is 1.42. The number of carbonyl (C=O) groups is 4. The summed E-state index contributed by atoms with van der Waals surface area (Å²) in [6, 6.07) is 4.10. The van der Waals surface area contributed by atoms with Gasteiger partial charge in [-0.05, 0) is 25.5 Å². The molecule has 3 rings (SSSR count). The summed E-state index contributed by atoms with van der Waals surface area (Å²) in [6.45, 7) is 2.34. The van der Waals surface area contributed by atoms with Gasteiger partial charge in [0.25, 0.3) is 11.8 Å². The minimum absolute atomic E-state index is 0.0533. The molecule has 1 aliphatic heterocycles. The number of hydrogen-bond acceptors (Lipinski definition) is 6. The zero-order chi connectivity index (χ0) is 18.1. The number of nitrogens with zero attached hydrogens (tertiary/aromatic N) is 1. The molecule has 2 amide bonds. The molecule has 2 unspecified atom stereocenters. The lowest BCUT2D eigenvalue weighted by atomic mass is 9.92. The van der Waals surface area contributed by atoms with Crippen molar-refractivity contribution in [2.45, 2.75) is 38.3 Å². The number of carbonyl (C=O) groups excluding carboxylic acids is 4. The Hall–Kier alpha value is -2.54. The van der Waals surface area contributed by atoms with E-state index in [1.807, 2.05) is 6.92 Å². The first-order valence-corrected chi connectivity index (χ1v) is 8.24. The third-order valence-electron chi connectivity index (χ3n) is 4.52. The molecule has 2 atom stereocenters. The van der Waals surface area contributed by atoms with Crippen LogP contribution in [0.25, 0.3) is 0 Å². The van der Waals surface area contributed by atoms with E-state index in [0.717, 1.165) is 4.90 Å². The van der Waals surface area contributed by atoms with Crippen molar-refractivity contribution in [2.24, 2.45) is 0 Å². The Kier molecular flexibility index (Phi) is 4.67. The lowest BCUT2D eigenvalue weighted by molar-refractivity contribution is -0.132. The molecule has 1 heterocycles. The fourth-order valence-electron chi connectivity index (χ4n) is 3.40. The van der Waals surface area contributed by atoms with Crippen LogP contribution in [-0.4, -0.2) is 54.1 Å². The lowest BCUT2D eigenvalue weighted by Gasteiger charge is -2.27. The second-order valence-corrected chi connectivity index (χ2v) is 6.45. The van der Waals surface area contributed by atoms with Gasteiger partial charge < -0.3 is 10.1 Å². The van der Waals surface area contributed by atoms with Crippen molar-refractivity contribution >= 4 is 29.1 Å². The summed E-state index contributed by atoms with van der Waals surface area (Å²) >= 11 is 0. The van der Waals surface area contributed by atoms with E-state index in [9.17, 15) is 19.2 Å². The smallest absolute Gasteiger partial charge is 0.264 e. The normalized spacial score (nSPS) is 21.5. The lowest BCUT2D eigenvalue weighted by Crippen LogP contribution is -2.47. The number of methoxy groups -OCH3 is 1. The molecule has 2 aliphatic rings.